The van der Waals surface area contributed by atoms with Crippen molar-refractivity contribution in [2.45, 2.75) is 69.5 Å². The fraction of sp³-hybridized carbons (Fsp3) is 0.613. The lowest BCUT2D eigenvalue weighted by Gasteiger charge is -2.35. The summed E-state index contributed by atoms with van der Waals surface area (Å²) < 4.78 is 52.3. The molecule has 218 valence electrons. The quantitative estimate of drug-likeness (QED) is 0.329. The van der Waals surface area contributed by atoms with Gasteiger partial charge in [-0.2, -0.15) is 13.2 Å². The number of halogens is 4. The number of hydrogen-bond donors (Lipinski definition) is 1. The number of aliphatic carboxylic acids is 1. The Labute approximate surface area is 233 Å². The summed E-state index contributed by atoms with van der Waals surface area (Å²) in [6, 6.07) is 8.89. The zero-order valence-electron chi connectivity index (χ0n) is 22.8. The summed E-state index contributed by atoms with van der Waals surface area (Å²) >= 11 is 0. The van der Waals surface area contributed by atoms with Gasteiger partial charge in [-0.3, -0.25) is 14.7 Å². The Morgan fingerprint density at radius 3 is 2.45 bits per heavy atom. The van der Waals surface area contributed by atoms with E-state index in [0.717, 1.165) is 81.8 Å². The molecule has 1 aliphatic carbocycles. The van der Waals surface area contributed by atoms with Gasteiger partial charge in [0.25, 0.3) is 0 Å². The van der Waals surface area contributed by atoms with E-state index in [1.165, 1.54) is 18.3 Å². The predicted molar refractivity (Wildman–Crippen MR) is 144 cm³/mol. The van der Waals surface area contributed by atoms with Crippen molar-refractivity contribution in [3.63, 3.8) is 0 Å². The summed E-state index contributed by atoms with van der Waals surface area (Å²) in [5.74, 6) is 0.446. The number of alkyl halides is 3. The molecule has 9 heteroatoms. The van der Waals surface area contributed by atoms with Crippen LogP contribution in [0.2, 0.25) is 0 Å². The van der Waals surface area contributed by atoms with Crippen LogP contribution in [0, 0.1) is 23.6 Å². The van der Waals surface area contributed by atoms with Gasteiger partial charge in [-0.15, -0.1) is 0 Å². The van der Waals surface area contributed by atoms with E-state index in [4.69, 9.17) is 0 Å². The van der Waals surface area contributed by atoms with Crippen molar-refractivity contribution in [3.8, 4) is 0 Å². The van der Waals surface area contributed by atoms with Crippen molar-refractivity contribution in [2.24, 2.45) is 17.8 Å². The molecular formula is C31H39F4N3O2. The van der Waals surface area contributed by atoms with Crippen molar-refractivity contribution >= 4 is 5.97 Å². The molecule has 0 bridgehead atoms. The highest BCUT2D eigenvalue weighted by Gasteiger charge is 2.42. The molecule has 1 saturated carbocycles. The van der Waals surface area contributed by atoms with Gasteiger partial charge in [0.15, 0.2) is 0 Å². The number of likely N-dealkylation sites (tertiary alicyclic amines) is 2. The highest BCUT2D eigenvalue weighted by Crippen LogP contribution is 2.40. The van der Waals surface area contributed by atoms with Gasteiger partial charge in [0, 0.05) is 31.7 Å². The van der Waals surface area contributed by atoms with Gasteiger partial charge in [0.2, 0.25) is 0 Å². The molecule has 3 atom stereocenters. The molecule has 3 heterocycles. The SMILES string of the molecule is O=C(O)C(CC1CC1)N1CC(CN2CCC(CCCc3ccc(C(F)(F)F)nc3)CC2)C(c2cccc(F)c2)C1. The maximum Gasteiger partial charge on any atom is 0.433 e. The molecule has 3 unspecified atom stereocenters. The summed E-state index contributed by atoms with van der Waals surface area (Å²) in [5.41, 5.74) is 0.937. The monoisotopic (exact) mass is 561 g/mol. The molecule has 1 aromatic heterocycles. The van der Waals surface area contributed by atoms with Crippen LogP contribution in [-0.4, -0.2) is 64.6 Å². The topological polar surface area (TPSA) is 56.7 Å². The molecular weight excluding hydrogens is 522 g/mol. The lowest BCUT2D eigenvalue weighted by molar-refractivity contribution is -0.143. The zero-order valence-corrected chi connectivity index (χ0v) is 22.8. The normalized spacial score (nSPS) is 23.9. The molecule has 1 aromatic carbocycles. The number of rotatable bonds is 11. The van der Waals surface area contributed by atoms with E-state index in [9.17, 15) is 27.5 Å². The first-order valence-electron chi connectivity index (χ1n) is 14.6. The third-order valence-electron chi connectivity index (χ3n) is 9.12. The molecule has 2 aliphatic heterocycles. The van der Waals surface area contributed by atoms with Crippen LogP contribution < -0.4 is 0 Å². The van der Waals surface area contributed by atoms with Crippen molar-refractivity contribution in [1.82, 2.24) is 14.8 Å². The molecule has 3 fully saturated rings. The molecule has 0 amide bonds. The van der Waals surface area contributed by atoms with E-state index < -0.39 is 23.9 Å². The van der Waals surface area contributed by atoms with Crippen LogP contribution >= 0.6 is 0 Å². The van der Waals surface area contributed by atoms with E-state index >= 15 is 0 Å². The van der Waals surface area contributed by atoms with Crippen LogP contribution in [0.15, 0.2) is 42.6 Å². The summed E-state index contributed by atoms with van der Waals surface area (Å²) in [7, 11) is 0. The number of aromatic nitrogens is 1. The van der Waals surface area contributed by atoms with Crippen LogP contribution in [0.25, 0.3) is 0 Å². The van der Waals surface area contributed by atoms with Gasteiger partial charge in [-0.05, 0) is 92.3 Å². The Morgan fingerprint density at radius 1 is 1.05 bits per heavy atom. The predicted octanol–water partition coefficient (Wildman–Crippen LogP) is 6.24. The number of piperidine rings is 1. The molecule has 2 saturated heterocycles. The Bertz CT molecular complexity index is 1130. The van der Waals surface area contributed by atoms with Gasteiger partial charge in [-0.25, -0.2) is 4.39 Å². The highest BCUT2D eigenvalue weighted by atomic mass is 19.4. The van der Waals surface area contributed by atoms with Crippen molar-refractivity contribution in [1.29, 1.82) is 0 Å². The van der Waals surface area contributed by atoms with Crippen LogP contribution in [0.5, 0.6) is 0 Å². The smallest absolute Gasteiger partial charge is 0.433 e. The second-order valence-corrected chi connectivity index (χ2v) is 12.1. The molecule has 2 aromatic rings. The van der Waals surface area contributed by atoms with E-state index in [-0.39, 0.29) is 17.7 Å². The fourth-order valence-electron chi connectivity index (χ4n) is 6.66. The first-order valence-corrected chi connectivity index (χ1v) is 14.6. The number of carbonyl (C=O) groups is 1. The van der Waals surface area contributed by atoms with Gasteiger partial charge < -0.3 is 10.0 Å². The number of nitrogens with zero attached hydrogens (tertiary/aromatic N) is 3. The lowest BCUT2D eigenvalue weighted by atomic mass is 9.86. The standard InChI is InChI=1S/C31H39F4N3O2/c32-26-6-2-5-24(16-26)27-20-38(28(30(39)40)15-22-7-8-22)19-25(27)18-37-13-11-21(12-14-37)3-1-4-23-9-10-29(36-17-23)31(33,34)35/h2,5-6,9-10,16-17,21-22,25,27-28H,1,3-4,7-8,11-15,18-20H2,(H,39,40). The molecule has 1 N–H and O–H groups in total. The third-order valence-corrected chi connectivity index (χ3v) is 9.12. The maximum absolute atomic E-state index is 14.1. The van der Waals surface area contributed by atoms with Gasteiger partial charge >= 0.3 is 12.1 Å². The second-order valence-electron chi connectivity index (χ2n) is 12.1. The lowest BCUT2D eigenvalue weighted by Crippen LogP contribution is -2.41. The summed E-state index contributed by atoms with van der Waals surface area (Å²) in [6.45, 7) is 4.18. The minimum atomic E-state index is -4.41. The number of carboxylic acid groups (broad SMARTS) is 1. The molecule has 5 nitrogen and oxygen atoms in total. The highest BCUT2D eigenvalue weighted by molar-refractivity contribution is 5.73. The number of pyridine rings is 1. The third kappa shape index (κ3) is 7.60. The van der Waals surface area contributed by atoms with Crippen LogP contribution in [0.4, 0.5) is 17.6 Å². The van der Waals surface area contributed by atoms with E-state index in [1.807, 2.05) is 6.07 Å². The second kappa shape index (κ2) is 12.6. The summed E-state index contributed by atoms with van der Waals surface area (Å²) in [4.78, 5) is 20.3. The minimum absolute atomic E-state index is 0.104. The first-order chi connectivity index (χ1) is 19.2. The Morgan fingerprint density at radius 2 is 1.82 bits per heavy atom. The van der Waals surface area contributed by atoms with E-state index in [2.05, 4.69) is 14.8 Å². The van der Waals surface area contributed by atoms with Crippen molar-refractivity contribution < 1.29 is 27.5 Å². The Balaban J connectivity index is 1.13. The fourth-order valence-corrected chi connectivity index (χ4v) is 6.66. The maximum atomic E-state index is 14.1. The van der Waals surface area contributed by atoms with Gasteiger partial charge in [-0.1, -0.05) is 37.5 Å². The van der Waals surface area contributed by atoms with Crippen molar-refractivity contribution in [2.75, 3.05) is 32.7 Å². The van der Waals surface area contributed by atoms with Crippen LogP contribution in [0.3, 0.4) is 0 Å². The largest absolute Gasteiger partial charge is 0.480 e. The van der Waals surface area contributed by atoms with Gasteiger partial charge in [0.05, 0.1) is 0 Å². The molecule has 0 spiro atoms. The van der Waals surface area contributed by atoms with E-state index in [0.29, 0.717) is 31.3 Å². The molecule has 40 heavy (non-hydrogen) atoms. The van der Waals surface area contributed by atoms with E-state index in [1.54, 1.807) is 12.1 Å². The van der Waals surface area contributed by atoms with Crippen molar-refractivity contribution in [3.05, 3.63) is 65.2 Å². The zero-order chi connectivity index (χ0) is 28.3. The average molecular weight is 562 g/mol. The summed E-state index contributed by atoms with van der Waals surface area (Å²) in [5, 5.41) is 9.98. The number of hydrogen-bond acceptors (Lipinski definition) is 4. The number of benzene rings is 1. The molecule has 3 aliphatic rings. The summed E-state index contributed by atoms with van der Waals surface area (Å²) in [6.07, 6.45) is 4.71. The first kappa shape index (κ1) is 29.0. The molecule has 5 rings (SSSR count). The van der Waals surface area contributed by atoms with Crippen LogP contribution in [-0.2, 0) is 17.4 Å². The average Bonchev–Trinajstić information content (AvgIpc) is 3.65. The number of aryl methyl sites for hydroxylation is 1. The van der Waals surface area contributed by atoms with Crippen LogP contribution in [0.1, 0.15) is 67.7 Å². The van der Waals surface area contributed by atoms with Gasteiger partial charge in [0.1, 0.15) is 17.6 Å². The minimum Gasteiger partial charge on any atom is -0.480 e. The molecule has 0 radical (unpaired) electrons. The Hall–Kier alpha value is -2.52. The Kier molecular flexibility index (Phi) is 9.10. The number of carboxylic acids is 1.